The molecule has 2 saturated heterocycles. The molecule has 3 rings (SSSR count). The average molecular weight is 341 g/mol. The first kappa shape index (κ1) is 17.8. The molecule has 2 aliphatic rings. The van der Waals surface area contributed by atoms with Crippen molar-refractivity contribution in [1.82, 2.24) is 9.80 Å². The van der Waals surface area contributed by atoms with Crippen LogP contribution in [0.4, 0.5) is 4.79 Å². The Balaban J connectivity index is 1.59. The first-order valence-electron chi connectivity index (χ1n) is 9.27. The minimum Gasteiger partial charge on any atom is -0.441 e. The summed E-state index contributed by atoms with van der Waals surface area (Å²) >= 11 is 0. The Morgan fingerprint density at radius 1 is 1.32 bits per heavy atom. The van der Waals surface area contributed by atoms with E-state index in [-0.39, 0.29) is 17.7 Å². The number of carbonyl (C=O) groups excluding carboxylic acids is 1. The van der Waals surface area contributed by atoms with Gasteiger partial charge >= 0.3 is 6.09 Å². The maximum Gasteiger partial charge on any atom is 0.410 e. The highest BCUT2D eigenvalue weighted by Gasteiger charge is 2.47. The van der Waals surface area contributed by atoms with Gasteiger partial charge in [-0.05, 0) is 25.0 Å². The molecule has 1 spiro atoms. The molecular weight excluding hydrogens is 314 g/mol. The molecule has 25 heavy (non-hydrogen) atoms. The van der Waals surface area contributed by atoms with Crippen molar-refractivity contribution in [2.75, 3.05) is 19.6 Å². The number of ether oxygens (including phenoxy) is 1. The lowest BCUT2D eigenvalue weighted by Crippen LogP contribution is -2.47. The Morgan fingerprint density at radius 2 is 2.04 bits per heavy atom. The molecular formula is C20H27N3O2. The second-order valence-electron chi connectivity index (χ2n) is 7.36. The number of likely N-dealkylation sites (tertiary alicyclic amines) is 1. The van der Waals surface area contributed by atoms with Crippen molar-refractivity contribution < 1.29 is 9.53 Å². The minimum atomic E-state index is -0.315. The lowest BCUT2D eigenvalue weighted by atomic mass is 9.90. The minimum absolute atomic E-state index is 0.149. The molecule has 1 amide bonds. The van der Waals surface area contributed by atoms with Crippen LogP contribution in [0.2, 0.25) is 0 Å². The fourth-order valence-corrected chi connectivity index (χ4v) is 3.95. The lowest BCUT2D eigenvalue weighted by Gasteiger charge is -2.37. The van der Waals surface area contributed by atoms with E-state index >= 15 is 0 Å². The first-order chi connectivity index (χ1) is 12.1. The van der Waals surface area contributed by atoms with Crippen molar-refractivity contribution in [2.45, 2.75) is 57.7 Å². The average Bonchev–Trinajstić information content (AvgIpc) is 2.94. The highest BCUT2D eigenvalue weighted by molar-refractivity contribution is 5.71. The second kappa shape index (κ2) is 7.45. The highest BCUT2D eigenvalue weighted by Crippen LogP contribution is 2.35. The van der Waals surface area contributed by atoms with Crippen LogP contribution >= 0.6 is 0 Å². The normalized spacial score (nSPS) is 21.2. The molecule has 1 aromatic carbocycles. The second-order valence-corrected chi connectivity index (χ2v) is 7.36. The van der Waals surface area contributed by atoms with Crippen LogP contribution in [0, 0.1) is 11.3 Å². The van der Waals surface area contributed by atoms with Crippen molar-refractivity contribution in [2.24, 2.45) is 0 Å². The maximum atomic E-state index is 12.3. The molecule has 0 bridgehead atoms. The summed E-state index contributed by atoms with van der Waals surface area (Å²) in [7, 11) is 0. The molecule has 1 aromatic rings. The number of benzene rings is 1. The summed E-state index contributed by atoms with van der Waals surface area (Å²) in [6, 6.07) is 10.3. The van der Waals surface area contributed by atoms with E-state index in [0.717, 1.165) is 63.0 Å². The summed E-state index contributed by atoms with van der Waals surface area (Å²) in [4.78, 5) is 16.5. The van der Waals surface area contributed by atoms with E-state index in [1.165, 1.54) is 0 Å². The zero-order chi connectivity index (χ0) is 17.9. The van der Waals surface area contributed by atoms with Gasteiger partial charge in [0.2, 0.25) is 0 Å². The van der Waals surface area contributed by atoms with Gasteiger partial charge in [0.15, 0.2) is 0 Å². The van der Waals surface area contributed by atoms with E-state index in [2.05, 4.69) is 24.8 Å². The van der Waals surface area contributed by atoms with Crippen LogP contribution in [0.5, 0.6) is 0 Å². The Morgan fingerprint density at radius 3 is 2.72 bits per heavy atom. The van der Waals surface area contributed by atoms with Crippen LogP contribution in [-0.2, 0) is 11.3 Å². The molecule has 0 saturated carbocycles. The van der Waals surface area contributed by atoms with Crippen LogP contribution in [0.1, 0.15) is 50.7 Å². The van der Waals surface area contributed by atoms with Crippen LogP contribution in [0.25, 0.3) is 0 Å². The molecule has 5 nitrogen and oxygen atoms in total. The van der Waals surface area contributed by atoms with Gasteiger partial charge in [0, 0.05) is 38.5 Å². The number of hydrogen-bond acceptors (Lipinski definition) is 4. The number of nitrogens with zero attached hydrogens (tertiary/aromatic N) is 3. The van der Waals surface area contributed by atoms with E-state index in [1.807, 2.05) is 29.2 Å². The van der Waals surface area contributed by atoms with Gasteiger partial charge in [0.1, 0.15) is 5.60 Å². The van der Waals surface area contributed by atoms with Gasteiger partial charge in [-0.1, -0.05) is 31.5 Å². The number of rotatable bonds is 5. The largest absolute Gasteiger partial charge is 0.441 e. The summed E-state index contributed by atoms with van der Waals surface area (Å²) in [5, 5.41) is 9.24. The van der Waals surface area contributed by atoms with Gasteiger partial charge in [-0.2, -0.15) is 5.26 Å². The fourth-order valence-electron chi connectivity index (χ4n) is 3.95. The number of hydrogen-bond donors (Lipinski definition) is 0. The standard InChI is InChI=1S/C20H27N3O2/c1-3-6-16(2)23-15-20(25-19(23)24)9-11-22(12-10-20)14-18-8-5-4-7-17(18)13-21/h4-5,7-8,16H,3,6,9-12,14-15H2,1-2H3/t16-/m1/s1. The van der Waals surface area contributed by atoms with E-state index in [0.29, 0.717) is 0 Å². The van der Waals surface area contributed by atoms with Gasteiger partial charge in [-0.3, -0.25) is 4.90 Å². The molecule has 5 heteroatoms. The third-order valence-corrected chi connectivity index (χ3v) is 5.53. The fraction of sp³-hybridized carbons (Fsp3) is 0.600. The Bertz CT molecular complexity index is 659. The number of piperidine rings is 1. The highest BCUT2D eigenvalue weighted by atomic mass is 16.6. The molecule has 0 aliphatic carbocycles. The summed E-state index contributed by atoms with van der Waals surface area (Å²) in [5.41, 5.74) is 1.50. The van der Waals surface area contributed by atoms with E-state index < -0.39 is 0 Å². The Labute approximate surface area is 150 Å². The van der Waals surface area contributed by atoms with Crippen molar-refractivity contribution in [3.63, 3.8) is 0 Å². The molecule has 2 fully saturated rings. The monoisotopic (exact) mass is 341 g/mol. The third kappa shape index (κ3) is 3.80. The summed E-state index contributed by atoms with van der Waals surface area (Å²) in [6.07, 6.45) is 3.67. The van der Waals surface area contributed by atoms with Gasteiger partial charge < -0.3 is 9.64 Å². The molecule has 0 aromatic heterocycles. The number of amides is 1. The molecule has 0 N–H and O–H groups in total. The molecule has 0 unspecified atom stereocenters. The first-order valence-corrected chi connectivity index (χ1v) is 9.27. The Kier molecular flexibility index (Phi) is 5.29. The molecule has 1 atom stereocenters. The van der Waals surface area contributed by atoms with Gasteiger partial charge in [-0.15, -0.1) is 0 Å². The van der Waals surface area contributed by atoms with Crippen LogP contribution in [0.3, 0.4) is 0 Å². The molecule has 134 valence electrons. The van der Waals surface area contributed by atoms with E-state index in [1.54, 1.807) is 0 Å². The zero-order valence-corrected chi connectivity index (χ0v) is 15.2. The van der Waals surface area contributed by atoms with Crippen LogP contribution in [-0.4, -0.2) is 47.2 Å². The lowest BCUT2D eigenvalue weighted by molar-refractivity contribution is -0.00133. The quantitative estimate of drug-likeness (QED) is 0.822. The summed E-state index contributed by atoms with van der Waals surface area (Å²) < 4.78 is 5.82. The number of carbonyl (C=O) groups is 1. The van der Waals surface area contributed by atoms with E-state index in [9.17, 15) is 10.1 Å². The van der Waals surface area contributed by atoms with Crippen molar-refractivity contribution >= 4 is 6.09 Å². The predicted octanol–water partition coefficient (Wildman–Crippen LogP) is 3.53. The number of nitriles is 1. The van der Waals surface area contributed by atoms with Crippen molar-refractivity contribution in [3.8, 4) is 6.07 Å². The predicted molar refractivity (Wildman–Crippen MR) is 96.0 cm³/mol. The summed E-state index contributed by atoms with van der Waals surface area (Å²) in [6.45, 7) is 7.54. The van der Waals surface area contributed by atoms with Crippen molar-refractivity contribution in [3.05, 3.63) is 35.4 Å². The zero-order valence-electron chi connectivity index (χ0n) is 15.2. The summed E-state index contributed by atoms with van der Waals surface area (Å²) in [5.74, 6) is 0. The smallest absolute Gasteiger partial charge is 0.410 e. The molecule has 0 radical (unpaired) electrons. The van der Waals surface area contributed by atoms with Crippen LogP contribution < -0.4 is 0 Å². The molecule has 2 heterocycles. The molecule has 2 aliphatic heterocycles. The van der Waals surface area contributed by atoms with Gasteiger partial charge in [-0.25, -0.2) is 4.79 Å². The topological polar surface area (TPSA) is 56.6 Å². The van der Waals surface area contributed by atoms with Crippen molar-refractivity contribution in [1.29, 1.82) is 5.26 Å². The van der Waals surface area contributed by atoms with Gasteiger partial charge in [0.05, 0.1) is 18.2 Å². The van der Waals surface area contributed by atoms with E-state index in [4.69, 9.17) is 4.74 Å². The van der Waals surface area contributed by atoms with Crippen LogP contribution in [0.15, 0.2) is 24.3 Å². The maximum absolute atomic E-state index is 12.3. The Hall–Kier alpha value is -2.06. The van der Waals surface area contributed by atoms with Gasteiger partial charge in [0.25, 0.3) is 0 Å². The SMILES string of the molecule is CCC[C@@H](C)N1CC2(CCN(Cc3ccccc3C#N)CC2)OC1=O. The third-order valence-electron chi connectivity index (χ3n) is 5.53.